The molecule has 132 valence electrons. The Morgan fingerprint density at radius 1 is 1.35 bits per heavy atom. The summed E-state index contributed by atoms with van der Waals surface area (Å²) in [7, 11) is 1.63. The number of ether oxygens (including phenoxy) is 1. The summed E-state index contributed by atoms with van der Waals surface area (Å²) in [4.78, 5) is 18.7. The van der Waals surface area contributed by atoms with Crippen molar-refractivity contribution in [3.63, 3.8) is 0 Å². The zero-order valence-electron chi connectivity index (χ0n) is 14.6. The lowest BCUT2D eigenvalue weighted by atomic mass is 10.2. The number of methoxy groups -OCH3 is 1. The maximum atomic E-state index is 12.7. The van der Waals surface area contributed by atoms with Crippen LogP contribution in [0, 0.1) is 12.3 Å². The first-order valence-corrected chi connectivity index (χ1v) is 9.89. The number of nitrogens with zero attached hydrogens (tertiary/aromatic N) is 2. The molecule has 3 rings (SSSR count). The number of thioether (sulfide) groups is 1. The number of fused-ring (bicyclic) bond motifs is 1. The van der Waals surface area contributed by atoms with Crippen molar-refractivity contribution in [1.82, 2.24) is 4.57 Å². The molecule has 0 aliphatic rings. The van der Waals surface area contributed by atoms with Crippen molar-refractivity contribution in [2.75, 3.05) is 12.9 Å². The molecule has 0 saturated carbocycles. The number of hydrogen-bond donors (Lipinski definition) is 0. The van der Waals surface area contributed by atoms with Gasteiger partial charge in [-0.1, -0.05) is 30.2 Å². The molecule has 2 aromatic carbocycles. The zero-order valence-corrected chi connectivity index (χ0v) is 16.2. The zero-order chi connectivity index (χ0) is 18.5. The van der Waals surface area contributed by atoms with E-state index in [1.54, 1.807) is 24.9 Å². The molecular formula is C20H18N2O2S2. The van der Waals surface area contributed by atoms with Crippen molar-refractivity contribution in [1.29, 1.82) is 0 Å². The van der Waals surface area contributed by atoms with E-state index in [0.717, 1.165) is 26.6 Å². The van der Waals surface area contributed by atoms with Crippen LogP contribution in [0.15, 0.2) is 52.4 Å². The number of aromatic nitrogens is 1. The van der Waals surface area contributed by atoms with Gasteiger partial charge in [0.15, 0.2) is 4.80 Å². The largest absolute Gasteiger partial charge is 0.497 e. The number of carbonyl (C=O) groups excluding carboxylic acids is 1. The second-order valence-electron chi connectivity index (χ2n) is 5.39. The van der Waals surface area contributed by atoms with E-state index in [2.05, 4.69) is 17.8 Å². The Morgan fingerprint density at radius 3 is 2.92 bits per heavy atom. The molecular weight excluding hydrogens is 364 g/mol. The van der Waals surface area contributed by atoms with Gasteiger partial charge in [0, 0.05) is 10.5 Å². The molecule has 1 amide bonds. The molecule has 1 aromatic heterocycles. The van der Waals surface area contributed by atoms with E-state index >= 15 is 0 Å². The topological polar surface area (TPSA) is 43.6 Å². The number of amides is 1. The average molecular weight is 383 g/mol. The van der Waals surface area contributed by atoms with Crippen LogP contribution < -0.4 is 9.54 Å². The monoisotopic (exact) mass is 382 g/mol. The van der Waals surface area contributed by atoms with E-state index in [4.69, 9.17) is 11.2 Å². The maximum absolute atomic E-state index is 12.7. The molecule has 0 fully saturated rings. The SMILES string of the molecule is C#CCn1c(=NC(=O)c2cccc(SCC)c2)sc2cc(OC)ccc21. The van der Waals surface area contributed by atoms with E-state index in [0.29, 0.717) is 16.9 Å². The summed E-state index contributed by atoms with van der Waals surface area (Å²) >= 11 is 3.12. The maximum Gasteiger partial charge on any atom is 0.279 e. The summed E-state index contributed by atoms with van der Waals surface area (Å²) in [6.07, 6.45) is 5.51. The van der Waals surface area contributed by atoms with Crippen molar-refractivity contribution in [2.45, 2.75) is 18.4 Å². The third-order valence-electron chi connectivity index (χ3n) is 3.73. The van der Waals surface area contributed by atoms with Crippen LogP contribution in [-0.4, -0.2) is 23.3 Å². The Morgan fingerprint density at radius 2 is 2.19 bits per heavy atom. The number of rotatable bonds is 5. The Labute approximate surface area is 160 Å². The van der Waals surface area contributed by atoms with Crippen LogP contribution in [0.25, 0.3) is 10.2 Å². The third-order valence-corrected chi connectivity index (χ3v) is 5.65. The van der Waals surface area contributed by atoms with Gasteiger partial charge in [-0.2, -0.15) is 4.99 Å². The Bertz CT molecular complexity index is 1060. The molecule has 26 heavy (non-hydrogen) atoms. The molecule has 4 nitrogen and oxygen atoms in total. The highest BCUT2D eigenvalue weighted by Gasteiger charge is 2.10. The van der Waals surface area contributed by atoms with Gasteiger partial charge in [-0.25, -0.2) is 0 Å². The fraction of sp³-hybridized carbons (Fsp3) is 0.200. The first kappa shape index (κ1) is 18.3. The molecule has 0 unspecified atom stereocenters. The van der Waals surface area contributed by atoms with Gasteiger partial charge in [-0.3, -0.25) is 4.79 Å². The highest BCUT2D eigenvalue weighted by molar-refractivity contribution is 7.99. The minimum atomic E-state index is -0.271. The van der Waals surface area contributed by atoms with Crippen LogP contribution in [0.2, 0.25) is 0 Å². The number of carbonyl (C=O) groups is 1. The summed E-state index contributed by atoms with van der Waals surface area (Å²) in [5.74, 6) is 4.07. The molecule has 1 heterocycles. The summed E-state index contributed by atoms with van der Waals surface area (Å²) in [5, 5.41) is 0. The van der Waals surface area contributed by atoms with Gasteiger partial charge in [0.05, 0.1) is 23.9 Å². The van der Waals surface area contributed by atoms with Gasteiger partial charge in [0.1, 0.15) is 5.75 Å². The first-order chi connectivity index (χ1) is 12.7. The first-order valence-electron chi connectivity index (χ1n) is 8.09. The standard InChI is InChI=1S/C20H18N2O2S2/c1-4-11-22-17-10-9-15(24-3)13-18(17)26-20(22)21-19(23)14-7-6-8-16(12-14)25-5-2/h1,6-10,12-13H,5,11H2,2-3H3. The van der Waals surface area contributed by atoms with E-state index in [-0.39, 0.29) is 5.91 Å². The highest BCUT2D eigenvalue weighted by Crippen LogP contribution is 2.23. The summed E-state index contributed by atoms with van der Waals surface area (Å²) in [6, 6.07) is 13.3. The number of thiazole rings is 1. The fourth-order valence-electron chi connectivity index (χ4n) is 2.55. The van der Waals surface area contributed by atoms with Crippen molar-refractivity contribution < 1.29 is 9.53 Å². The highest BCUT2D eigenvalue weighted by atomic mass is 32.2. The molecule has 6 heteroatoms. The third kappa shape index (κ3) is 3.85. The van der Waals surface area contributed by atoms with Crippen molar-refractivity contribution in [2.24, 2.45) is 4.99 Å². The predicted molar refractivity (Wildman–Crippen MR) is 108 cm³/mol. The van der Waals surface area contributed by atoms with Gasteiger partial charge in [-0.15, -0.1) is 18.2 Å². The molecule has 3 aromatic rings. The minimum absolute atomic E-state index is 0.271. The van der Waals surface area contributed by atoms with Gasteiger partial charge >= 0.3 is 0 Å². The summed E-state index contributed by atoms with van der Waals surface area (Å²) in [5.41, 5.74) is 1.52. The van der Waals surface area contributed by atoms with Gasteiger partial charge < -0.3 is 9.30 Å². The van der Waals surface area contributed by atoms with Crippen LogP contribution in [0.1, 0.15) is 17.3 Å². The molecule has 0 atom stereocenters. The van der Waals surface area contributed by atoms with Gasteiger partial charge in [0.2, 0.25) is 0 Å². The predicted octanol–water partition coefficient (Wildman–Crippen LogP) is 4.20. The van der Waals surface area contributed by atoms with Crippen LogP contribution in [-0.2, 0) is 6.54 Å². The van der Waals surface area contributed by atoms with Gasteiger partial charge in [0.25, 0.3) is 5.91 Å². The molecule has 0 radical (unpaired) electrons. The van der Waals surface area contributed by atoms with Gasteiger partial charge in [-0.05, 0) is 42.2 Å². The quantitative estimate of drug-likeness (QED) is 0.491. The van der Waals surface area contributed by atoms with E-state index in [9.17, 15) is 4.79 Å². The molecule has 0 spiro atoms. The fourth-order valence-corrected chi connectivity index (χ4v) is 4.32. The smallest absolute Gasteiger partial charge is 0.279 e. The van der Waals surface area contributed by atoms with E-state index in [1.165, 1.54) is 11.3 Å². The Hall–Kier alpha value is -2.49. The lowest BCUT2D eigenvalue weighted by Gasteiger charge is -2.02. The lowest BCUT2D eigenvalue weighted by Crippen LogP contribution is -2.16. The van der Waals surface area contributed by atoms with E-state index in [1.807, 2.05) is 41.0 Å². The number of benzene rings is 2. The van der Waals surface area contributed by atoms with E-state index < -0.39 is 0 Å². The summed E-state index contributed by atoms with van der Waals surface area (Å²) in [6.45, 7) is 2.43. The molecule has 0 N–H and O–H groups in total. The van der Waals surface area contributed by atoms with Crippen molar-refractivity contribution in [3.8, 4) is 18.1 Å². The number of terminal acetylenes is 1. The lowest BCUT2D eigenvalue weighted by molar-refractivity contribution is 0.0997. The van der Waals surface area contributed by atoms with Crippen LogP contribution >= 0.6 is 23.1 Å². The van der Waals surface area contributed by atoms with Crippen molar-refractivity contribution in [3.05, 3.63) is 52.8 Å². The summed E-state index contributed by atoms with van der Waals surface area (Å²) < 4.78 is 8.13. The van der Waals surface area contributed by atoms with Crippen LogP contribution in [0.4, 0.5) is 0 Å². The minimum Gasteiger partial charge on any atom is -0.497 e. The molecule has 0 bridgehead atoms. The molecule has 0 aliphatic heterocycles. The Balaban J connectivity index is 2.08. The van der Waals surface area contributed by atoms with Crippen molar-refractivity contribution >= 4 is 39.2 Å². The second kappa shape index (κ2) is 8.26. The molecule has 0 aliphatic carbocycles. The number of hydrogen-bond acceptors (Lipinski definition) is 4. The molecule has 0 saturated heterocycles. The second-order valence-corrected chi connectivity index (χ2v) is 7.73. The normalized spacial score (nSPS) is 11.5. The van der Waals surface area contributed by atoms with Crippen LogP contribution in [0.3, 0.4) is 0 Å². The average Bonchev–Trinajstić information content (AvgIpc) is 2.99. The van der Waals surface area contributed by atoms with Crippen LogP contribution in [0.5, 0.6) is 5.75 Å². The Kier molecular flexibility index (Phi) is 5.82.